The van der Waals surface area contributed by atoms with Gasteiger partial charge in [-0.2, -0.15) is 18.4 Å². The third-order valence-corrected chi connectivity index (χ3v) is 4.60. The monoisotopic (exact) mass is 351 g/mol. The van der Waals surface area contributed by atoms with Crippen LogP contribution in [0.4, 0.5) is 13.2 Å². The quantitative estimate of drug-likeness (QED) is 0.719. The number of nitrogens with zero attached hydrogens (tertiary/aromatic N) is 3. The molecule has 0 aliphatic carbocycles. The summed E-state index contributed by atoms with van der Waals surface area (Å²) in [5, 5.41) is 8.91. The Morgan fingerprint density at radius 2 is 2.00 bits per heavy atom. The highest BCUT2D eigenvalue weighted by Gasteiger charge is 2.45. The van der Waals surface area contributed by atoms with E-state index in [1.807, 2.05) is 6.07 Å². The molecule has 0 saturated heterocycles. The van der Waals surface area contributed by atoms with Crippen LogP contribution in [0.25, 0.3) is 0 Å². The molecular weight excluding hydrogens is 335 g/mol. The first-order valence-corrected chi connectivity index (χ1v) is 8.06. The van der Waals surface area contributed by atoms with E-state index in [-0.39, 0.29) is 12.1 Å². The topological polar surface area (TPSA) is 39.9 Å². The predicted octanol–water partition coefficient (Wildman–Crippen LogP) is 4.89. The van der Waals surface area contributed by atoms with Gasteiger partial charge in [0, 0.05) is 23.8 Å². The number of pyridine rings is 1. The molecule has 1 aromatic carbocycles. The largest absolute Gasteiger partial charge is 0.408 e. The molecule has 0 aliphatic rings. The third kappa shape index (κ3) is 4.28. The van der Waals surface area contributed by atoms with E-state index < -0.39 is 12.2 Å². The van der Waals surface area contributed by atoms with Gasteiger partial charge in [-0.1, -0.05) is 31.2 Å². The second-order valence-corrected chi connectivity index (χ2v) is 6.27. The number of aromatic nitrogens is 1. The first-order valence-electron chi connectivity index (χ1n) is 7.28. The molecule has 0 spiro atoms. The molecule has 1 aromatic heterocycles. The zero-order valence-electron chi connectivity index (χ0n) is 13.2. The van der Waals surface area contributed by atoms with Gasteiger partial charge in [-0.3, -0.25) is 4.98 Å². The summed E-state index contributed by atoms with van der Waals surface area (Å²) in [5.41, 5.74) is 1.13. The summed E-state index contributed by atoms with van der Waals surface area (Å²) in [6.07, 6.45) is -1.59. The van der Waals surface area contributed by atoms with E-state index in [2.05, 4.69) is 4.98 Å². The van der Waals surface area contributed by atoms with Crippen molar-refractivity contribution < 1.29 is 13.2 Å². The molecule has 24 heavy (non-hydrogen) atoms. The lowest BCUT2D eigenvalue weighted by Crippen LogP contribution is -2.34. The van der Waals surface area contributed by atoms with Gasteiger partial charge in [0.2, 0.25) is 0 Å². The van der Waals surface area contributed by atoms with Crippen LogP contribution in [0.2, 0.25) is 0 Å². The minimum atomic E-state index is -4.42. The Morgan fingerprint density at radius 3 is 2.58 bits per heavy atom. The molecule has 0 N–H and O–H groups in total. The summed E-state index contributed by atoms with van der Waals surface area (Å²) in [5.74, 6) is 0. The van der Waals surface area contributed by atoms with Crippen molar-refractivity contribution >= 4 is 11.9 Å². The molecule has 0 saturated carbocycles. The van der Waals surface area contributed by atoms with E-state index in [1.54, 1.807) is 32.0 Å². The second kappa shape index (κ2) is 7.69. The van der Waals surface area contributed by atoms with Crippen molar-refractivity contribution in [3.05, 3.63) is 59.4 Å². The maximum Gasteiger partial charge on any atom is 0.408 e. The van der Waals surface area contributed by atoms with Gasteiger partial charge < -0.3 is 0 Å². The summed E-state index contributed by atoms with van der Waals surface area (Å²) in [6, 6.07) is 8.24. The van der Waals surface area contributed by atoms with E-state index in [1.165, 1.54) is 28.8 Å². The Kier molecular flexibility index (Phi) is 5.86. The Labute approximate surface area is 143 Å². The van der Waals surface area contributed by atoms with Crippen LogP contribution in [-0.4, -0.2) is 22.0 Å². The molecule has 7 heteroatoms. The molecule has 1 heterocycles. The maximum absolute atomic E-state index is 13.7. The predicted molar refractivity (Wildman–Crippen MR) is 87.2 cm³/mol. The van der Waals surface area contributed by atoms with E-state index in [4.69, 9.17) is 5.26 Å². The molecule has 0 fully saturated rings. The average molecular weight is 351 g/mol. The zero-order chi connectivity index (χ0) is 17.7. The van der Waals surface area contributed by atoms with Crippen molar-refractivity contribution in [3.8, 4) is 6.07 Å². The number of nitriles is 1. The van der Waals surface area contributed by atoms with Crippen LogP contribution in [-0.2, 0) is 0 Å². The van der Waals surface area contributed by atoms with Crippen LogP contribution in [0.3, 0.4) is 0 Å². The van der Waals surface area contributed by atoms with Gasteiger partial charge in [0.15, 0.2) is 0 Å². The number of aryl methyl sites for hydroxylation is 1. The third-order valence-electron chi connectivity index (χ3n) is 3.46. The summed E-state index contributed by atoms with van der Waals surface area (Å²) in [7, 11) is 0. The van der Waals surface area contributed by atoms with Gasteiger partial charge in [-0.25, -0.2) is 4.31 Å². The molecule has 1 atom stereocenters. The molecular formula is C17H16F3N3S. The molecule has 2 aromatic rings. The summed E-state index contributed by atoms with van der Waals surface area (Å²) in [4.78, 5) is 4.40. The van der Waals surface area contributed by atoms with Crippen LogP contribution in [0.5, 0.6) is 0 Å². The highest BCUT2D eigenvalue weighted by Crippen LogP contribution is 2.43. The lowest BCUT2D eigenvalue weighted by molar-refractivity contribution is -0.172. The first-order chi connectivity index (χ1) is 11.4. The first kappa shape index (κ1) is 18.3. The van der Waals surface area contributed by atoms with Crippen molar-refractivity contribution in [2.24, 2.45) is 0 Å². The maximum atomic E-state index is 13.7. The van der Waals surface area contributed by atoms with Crippen molar-refractivity contribution in [1.82, 2.24) is 9.29 Å². The van der Waals surface area contributed by atoms with Crippen LogP contribution in [0.1, 0.15) is 29.7 Å². The Bertz CT molecular complexity index is 740. The van der Waals surface area contributed by atoms with Gasteiger partial charge in [0.05, 0.1) is 5.56 Å². The van der Waals surface area contributed by atoms with Crippen LogP contribution >= 0.6 is 11.9 Å². The van der Waals surface area contributed by atoms with Gasteiger partial charge in [-0.05, 0) is 36.1 Å². The Balaban J connectivity index is 2.40. The van der Waals surface area contributed by atoms with E-state index in [0.717, 1.165) is 11.9 Å². The highest BCUT2D eigenvalue weighted by atomic mass is 32.2. The van der Waals surface area contributed by atoms with Gasteiger partial charge >= 0.3 is 6.18 Å². The number of hydrogen-bond donors (Lipinski definition) is 0. The number of hydrogen-bond acceptors (Lipinski definition) is 4. The van der Waals surface area contributed by atoms with Crippen molar-refractivity contribution in [2.45, 2.75) is 31.0 Å². The van der Waals surface area contributed by atoms with Crippen LogP contribution in [0, 0.1) is 18.3 Å². The summed E-state index contributed by atoms with van der Waals surface area (Å²) in [6.45, 7) is 3.52. The lowest BCUT2D eigenvalue weighted by atomic mass is 10.0. The summed E-state index contributed by atoms with van der Waals surface area (Å²) < 4.78 is 42.5. The lowest BCUT2D eigenvalue weighted by Gasteiger charge is -2.32. The van der Waals surface area contributed by atoms with Crippen molar-refractivity contribution in [3.63, 3.8) is 0 Å². The standard InChI is InChI=1S/C17H16F3N3S/c1-3-23(24-14-8-13(9-21)10-22-11-14)16(17(18,19)20)15-7-5-4-6-12(15)2/h4-8,10-11,16H,3H2,1-2H3. The number of halogens is 3. The molecule has 1 unspecified atom stereocenters. The van der Waals surface area contributed by atoms with Gasteiger partial charge in [0.25, 0.3) is 0 Å². The van der Waals surface area contributed by atoms with Crippen LogP contribution < -0.4 is 0 Å². The second-order valence-electron chi connectivity index (χ2n) is 5.15. The Hall–Kier alpha value is -2.04. The Morgan fingerprint density at radius 1 is 1.29 bits per heavy atom. The van der Waals surface area contributed by atoms with Crippen LogP contribution in [0.15, 0.2) is 47.6 Å². The summed E-state index contributed by atoms with van der Waals surface area (Å²) >= 11 is 0.956. The number of alkyl halides is 3. The fourth-order valence-electron chi connectivity index (χ4n) is 2.35. The molecule has 0 bridgehead atoms. The normalized spacial score (nSPS) is 12.9. The number of benzene rings is 1. The van der Waals surface area contributed by atoms with Gasteiger partial charge in [0.1, 0.15) is 12.1 Å². The van der Waals surface area contributed by atoms with E-state index in [0.29, 0.717) is 16.0 Å². The highest BCUT2D eigenvalue weighted by molar-refractivity contribution is 7.97. The van der Waals surface area contributed by atoms with E-state index in [9.17, 15) is 13.2 Å². The number of rotatable bonds is 5. The minimum absolute atomic E-state index is 0.181. The average Bonchev–Trinajstić information content (AvgIpc) is 2.55. The fourth-order valence-corrected chi connectivity index (χ4v) is 3.38. The molecule has 0 amide bonds. The minimum Gasteiger partial charge on any atom is -0.262 e. The van der Waals surface area contributed by atoms with E-state index >= 15 is 0 Å². The molecule has 0 radical (unpaired) electrons. The van der Waals surface area contributed by atoms with Gasteiger partial charge in [-0.15, -0.1) is 0 Å². The van der Waals surface area contributed by atoms with Crippen molar-refractivity contribution in [1.29, 1.82) is 5.26 Å². The molecule has 3 nitrogen and oxygen atoms in total. The molecule has 2 rings (SSSR count). The SMILES string of the molecule is CCN(Sc1cncc(C#N)c1)C(c1ccccc1C)C(F)(F)F. The van der Waals surface area contributed by atoms with Crippen molar-refractivity contribution in [2.75, 3.05) is 6.54 Å². The fraction of sp³-hybridized carbons (Fsp3) is 0.294. The molecule has 126 valence electrons. The smallest absolute Gasteiger partial charge is 0.262 e. The molecule has 0 aliphatic heterocycles. The zero-order valence-corrected chi connectivity index (χ0v) is 14.0.